The minimum atomic E-state index is -0.894. The SMILES string of the molecule is CCOC(=O)C(N)Cc1ccc(Oc2ccccc2Cl)c([N+](=O)[O-])c1. The van der Waals surface area contributed by atoms with E-state index in [1.54, 1.807) is 37.3 Å². The summed E-state index contributed by atoms with van der Waals surface area (Å²) in [6.45, 7) is 1.90. The highest BCUT2D eigenvalue weighted by atomic mass is 35.5. The molecular weight excluding hydrogens is 348 g/mol. The Balaban J connectivity index is 2.24. The van der Waals surface area contributed by atoms with Crippen LogP contribution in [0.4, 0.5) is 5.69 Å². The molecule has 0 aliphatic rings. The fourth-order valence-corrected chi connectivity index (χ4v) is 2.33. The van der Waals surface area contributed by atoms with Gasteiger partial charge < -0.3 is 15.2 Å². The Kier molecular flexibility index (Phi) is 6.32. The number of esters is 1. The number of hydrogen-bond acceptors (Lipinski definition) is 6. The summed E-state index contributed by atoms with van der Waals surface area (Å²) in [7, 11) is 0. The monoisotopic (exact) mass is 364 g/mol. The molecule has 0 amide bonds. The van der Waals surface area contributed by atoms with Crippen LogP contribution in [0.5, 0.6) is 11.5 Å². The molecule has 2 aromatic rings. The van der Waals surface area contributed by atoms with E-state index in [0.29, 0.717) is 16.3 Å². The lowest BCUT2D eigenvalue weighted by atomic mass is 10.1. The average molecular weight is 365 g/mol. The number of carbonyl (C=O) groups is 1. The predicted octanol–water partition coefficient (Wildman–Crippen LogP) is 3.47. The van der Waals surface area contributed by atoms with Gasteiger partial charge in [-0.15, -0.1) is 0 Å². The maximum absolute atomic E-state index is 11.6. The van der Waals surface area contributed by atoms with Crippen LogP contribution in [0, 0.1) is 10.1 Å². The number of nitro groups is 1. The molecule has 2 aromatic carbocycles. The van der Waals surface area contributed by atoms with Crippen molar-refractivity contribution < 1.29 is 19.2 Å². The maximum atomic E-state index is 11.6. The number of para-hydroxylation sites is 1. The summed E-state index contributed by atoms with van der Waals surface area (Å²) in [5, 5.41) is 11.7. The van der Waals surface area contributed by atoms with Crippen molar-refractivity contribution in [1.82, 2.24) is 0 Å². The van der Waals surface area contributed by atoms with Crippen molar-refractivity contribution in [2.75, 3.05) is 6.61 Å². The van der Waals surface area contributed by atoms with Gasteiger partial charge >= 0.3 is 11.7 Å². The first-order valence-corrected chi connectivity index (χ1v) is 7.92. The molecule has 25 heavy (non-hydrogen) atoms. The molecule has 2 N–H and O–H groups in total. The summed E-state index contributed by atoms with van der Waals surface area (Å²) >= 11 is 6.01. The molecular formula is C17H17ClN2O5. The van der Waals surface area contributed by atoms with E-state index in [1.165, 1.54) is 12.1 Å². The summed E-state index contributed by atoms with van der Waals surface area (Å²) in [6, 6.07) is 10.2. The van der Waals surface area contributed by atoms with Crippen molar-refractivity contribution in [1.29, 1.82) is 0 Å². The summed E-state index contributed by atoms with van der Waals surface area (Å²) in [5.74, 6) is -0.198. The van der Waals surface area contributed by atoms with Gasteiger partial charge in [0.25, 0.3) is 0 Å². The van der Waals surface area contributed by atoms with Crippen LogP contribution in [0.1, 0.15) is 12.5 Å². The van der Waals surface area contributed by atoms with E-state index < -0.39 is 16.9 Å². The van der Waals surface area contributed by atoms with Crippen LogP contribution in [-0.4, -0.2) is 23.5 Å². The number of nitrogens with zero attached hydrogens (tertiary/aromatic N) is 1. The fraction of sp³-hybridized carbons (Fsp3) is 0.235. The van der Waals surface area contributed by atoms with Crippen molar-refractivity contribution in [3.63, 3.8) is 0 Å². The van der Waals surface area contributed by atoms with Gasteiger partial charge in [0.2, 0.25) is 5.75 Å². The zero-order valence-corrected chi connectivity index (χ0v) is 14.2. The number of benzene rings is 2. The average Bonchev–Trinajstić information content (AvgIpc) is 2.58. The van der Waals surface area contributed by atoms with Crippen LogP contribution < -0.4 is 10.5 Å². The minimum Gasteiger partial charge on any atom is -0.465 e. The van der Waals surface area contributed by atoms with Crippen LogP contribution in [0.3, 0.4) is 0 Å². The molecule has 2 rings (SSSR count). The van der Waals surface area contributed by atoms with E-state index in [0.717, 1.165) is 0 Å². The number of nitrogens with two attached hydrogens (primary N) is 1. The first-order chi connectivity index (χ1) is 11.9. The molecule has 0 bridgehead atoms. The number of ether oxygens (including phenoxy) is 2. The number of nitro benzene ring substituents is 1. The van der Waals surface area contributed by atoms with Crippen molar-refractivity contribution in [3.8, 4) is 11.5 Å². The van der Waals surface area contributed by atoms with E-state index in [9.17, 15) is 14.9 Å². The highest BCUT2D eigenvalue weighted by molar-refractivity contribution is 6.32. The van der Waals surface area contributed by atoms with Gasteiger partial charge in [-0.3, -0.25) is 14.9 Å². The topological polar surface area (TPSA) is 105 Å². The standard InChI is InChI=1S/C17H17ClN2O5/c1-2-24-17(21)13(19)9-11-7-8-16(14(10-11)20(22)23)25-15-6-4-3-5-12(15)18/h3-8,10,13H,2,9,19H2,1H3. The molecule has 0 saturated carbocycles. The quantitative estimate of drug-likeness (QED) is 0.458. The molecule has 0 fully saturated rings. The van der Waals surface area contributed by atoms with Crippen molar-refractivity contribution >= 4 is 23.3 Å². The van der Waals surface area contributed by atoms with Gasteiger partial charge in [0.05, 0.1) is 16.6 Å². The number of carbonyl (C=O) groups excluding carboxylic acids is 1. The molecule has 0 saturated heterocycles. The van der Waals surface area contributed by atoms with E-state index >= 15 is 0 Å². The maximum Gasteiger partial charge on any atom is 0.323 e. The van der Waals surface area contributed by atoms with Crippen LogP contribution in [0.25, 0.3) is 0 Å². The first kappa shape index (κ1) is 18.7. The summed E-state index contributed by atoms with van der Waals surface area (Å²) < 4.78 is 10.4. The largest absolute Gasteiger partial charge is 0.465 e. The predicted molar refractivity (Wildman–Crippen MR) is 92.9 cm³/mol. The number of halogens is 1. The highest BCUT2D eigenvalue weighted by Gasteiger charge is 2.21. The smallest absolute Gasteiger partial charge is 0.323 e. The van der Waals surface area contributed by atoms with Crippen molar-refractivity contribution in [2.45, 2.75) is 19.4 Å². The molecule has 0 heterocycles. The van der Waals surface area contributed by atoms with Crippen molar-refractivity contribution in [2.24, 2.45) is 5.73 Å². The molecule has 0 spiro atoms. The second-order valence-electron chi connectivity index (χ2n) is 5.15. The third kappa shape index (κ3) is 4.91. The molecule has 132 valence electrons. The number of hydrogen-bond donors (Lipinski definition) is 1. The van der Waals surface area contributed by atoms with Gasteiger partial charge in [-0.05, 0) is 37.1 Å². The molecule has 8 heteroatoms. The normalized spacial score (nSPS) is 11.6. The zero-order valence-electron chi connectivity index (χ0n) is 13.5. The Morgan fingerprint density at radius 1 is 1.28 bits per heavy atom. The molecule has 1 atom stereocenters. The van der Waals surface area contributed by atoms with E-state index in [4.69, 9.17) is 26.8 Å². The zero-order chi connectivity index (χ0) is 18.4. The van der Waals surface area contributed by atoms with Crippen molar-refractivity contribution in [3.05, 3.63) is 63.2 Å². The lowest BCUT2D eigenvalue weighted by Crippen LogP contribution is -2.34. The third-order valence-electron chi connectivity index (χ3n) is 3.32. The summed E-state index contributed by atoms with van der Waals surface area (Å²) in [5.41, 5.74) is 6.03. The Morgan fingerprint density at radius 3 is 2.64 bits per heavy atom. The van der Waals surface area contributed by atoms with Gasteiger partial charge in [-0.2, -0.15) is 0 Å². The Labute approximate surface area is 149 Å². The van der Waals surface area contributed by atoms with Gasteiger partial charge in [-0.25, -0.2) is 0 Å². The molecule has 7 nitrogen and oxygen atoms in total. The summed E-state index contributed by atoms with van der Waals surface area (Å²) in [4.78, 5) is 22.4. The first-order valence-electron chi connectivity index (χ1n) is 7.54. The second-order valence-corrected chi connectivity index (χ2v) is 5.56. The Bertz CT molecular complexity index is 781. The number of rotatable bonds is 7. The van der Waals surface area contributed by atoms with Crippen LogP contribution >= 0.6 is 11.6 Å². The fourth-order valence-electron chi connectivity index (χ4n) is 2.15. The molecule has 0 radical (unpaired) electrons. The molecule has 0 aromatic heterocycles. The van der Waals surface area contributed by atoms with Crippen LogP contribution in [0.2, 0.25) is 5.02 Å². The van der Waals surface area contributed by atoms with Gasteiger partial charge in [0.15, 0.2) is 0 Å². The van der Waals surface area contributed by atoms with Gasteiger partial charge in [-0.1, -0.05) is 29.8 Å². The Morgan fingerprint density at radius 2 is 2.00 bits per heavy atom. The van der Waals surface area contributed by atoms with E-state index in [2.05, 4.69) is 0 Å². The third-order valence-corrected chi connectivity index (χ3v) is 3.63. The molecule has 0 aliphatic heterocycles. The lowest BCUT2D eigenvalue weighted by molar-refractivity contribution is -0.385. The van der Waals surface area contributed by atoms with Crippen LogP contribution in [0.15, 0.2) is 42.5 Å². The Hall–Kier alpha value is -2.64. The highest BCUT2D eigenvalue weighted by Crippen LogP contribution is 2.35. The minimum absolute atomic E-state index is 0.0477. The van der Waals surface area contributed by atoms with E-state index in [1.807, 2.05) is 0 Å². The molecule has 0 aliphatic carbocycles. The van der Waals surface area contributed by atoms with Gasteiger partial charge in [0.1, 0.15) is 11.8 Å². The van der Waals surface area contributed by atoms with Crippen LogP contribution in [-0.2, 0) is 16.0 Å². The van der Waals surface area contributed by atoms with Gasteiger partial charge in [0, 0.05) is 6.07 Å². The lowest BCUT2D eigenvalue weighted by Gasteiger charge is -2.12. The second kappa shape index (κ2) is 8.46. The molecule has 1 unspecified atom stereocenters. The summed E-state index contributed by atoms with van der Waals surface area (Å²) in [6.07, 6.45) is 0.117. The van der Waals surface area contributed by atoms with E-state index in [-0.39, 0.29) is 24.5 Å².